The maximum Gasteiger partial charge on any atom is 0.151 e. The van der Waals surface area contributed by atoms with E-state index >= 15 is 0 Å². The highest BCUT2D eigenvalue weighted by Gasteiger charge is 2.18. The highest BCUT2D eigenvalue weighted by Crippen LogP contribution is 2.35. The van der Waals surface area contributed by atoms with Crippen LogP contribution in [0.2, 0.25) is 0 Å². The van der Waals surface area contributed by atoms with E-state index < -0.39 is 11.6 Å². The van der Waals surface area contributed by atoms with Crippen LogP contribution in [0.25, 0.3) is 0 Å². The number of halogens is 2. The maximum atomic E-state index is 14.0. The van der Waals surface area contributed by atoms with Crippen molar-refractivity contribution >= 4 is 11.4 Å². The van der Waals surface area contributed by atoms with Gasteiger partial charge in [0.15, 0.2) is 11.6 Å². The van der Waals surface area contributed by atoms with Gasteiger partial charge in [-0.15, -0.1) is 0 Å². The Morgan fingerprint density at radius 1 is 1.15 bits per heavy atom. The van der Waals surface area contributed by atoms with Gasteiger partial charge in [-0.2, -0.15) is 5.26 Å². The largest absolute Gasteiger partial charge is 0.495 e. The van der Waals surface area contributed by atoms with Crippen LogP contribution in [0, 0.1) is 23.0 Å². The molecule has 0 N–H and O–H groups in total. The molecule has 0 spiro atoms. The van der Waals surface area contributed by atoms with E-state index in [4.69, 9.17) is 10.00 Å². The highest BCUT2D eigenvalue weighted by molar-refractivity contribution is 5.69. The molecule has 0 amide bonds. The number of nitriles is 1. The SMILES string of the molecule is COc1ccccc1N(C)c1c(F)cc(C#N)cc1F. The summed E-state index contributed by atoms with van der Waals surface area (Å²) in [6, 6.07) is 10.6. The zero-order valence-electron chi connectivity index (χ0n) is 11.0. The smallest absolute Gasteiger partial charge is 0.151 e. The van der Waals surface area contributed by atoms with Crippen LogP contribution in [0.15, 0.2) is 36.4 Å². The van der Waals surface area contributed by atoms with Gasteiger partial charge in [-0.05, 0) is 24.3 Å². The zero-order chi connectivity index (χ0) is 14.7. The quantitative estimate of drug-likeness (QED) is 0.857. The van der Waals surface area contributed by atoms with Crippen molar-refractivity contribution in [2.24, 2.45) is 0 Å². The molecule has 2 aromatic carbocycles. The molecule has 20 heavy (non-hydrogen) atoms. The van der Waals surface area contributed by atoms with E-state index in [0.717, 1.165) is 12.1 Å². The van der Waals surface area contributed by atoms with Crippen molar-refractivity contribution in [3.05, 3.63) is 53.6 Å². The number of rotatable bonds is 3. The minimum Gasteiger partial charge on any atom is -0.495 e. The van der Waals surface area contributed by atoms with Gasteiger partial charge in [0, 0.05) is 7.05 Å². The van der Waals surface area contributed by atoms with Crippen molar-refractivity contribution in [1.82, 2.24) is 0 Å². The summed E-state index contributed by atoms with van der Waals surface area (Å²) in [6.07, 6.45) is 0. The Kier molecular flexibility index (Phi) is 3.85. The van der Waals surface area contributed by atoms with Gasteiger partial charge >= 0.3 is 0 Å². The molecule has 0 aliphatic heterocycles. The molecule has 0 aliphatic rings. The van der Waals surface area contributed by atoms with Crippen molar-refractivity contribution in [2.45, 2.75) is 0 Å². The van der Waals surface area contributed by atoms with Crippen LogP contribution in [0.5, 0.6) is 5.75 Å². The van der Waals surface area contributed by atoms with E-state index in [1.54, 1.807) is 30.3 Å². The summed E-state index contributed by atoms with van der Waals surface area (Å²) in [5, 5.41) is 8.70. The molecule has 2 aromatic rings. The number of hydrogen-bond acceptors (Lipinski definition) is 3. The second-order valence-corrected chi connectivity index (χ2v) is 4.13. The third-order valence-electron chi connectivity index (χ3n) is 2.93. The average molecular weight is 274 g/mol. The second kappa shape index (κ2) is 5.57. The standard InChI is InChI=1S/C15H12F2N2O/c1-19(13-5-3-4-6-14(13)20-2)15-11(16)7-10(9-18)8-12(15)17/h3-8H,1-2H3. The molecule has 5 heteroatoms. The lowest BCUT2D eigenvalue weighted by Crippen LogP contribution is -2.14. The predicted octanol–water partition coefficient (Wildman–Crippen LogP) is 3.61. The molecule has 102 valence electrons. The lowest BCUT2D eigenvalue weighted by molar-refractivity contribution is 0.415. The lowest BCUT2D eigenvalue weighted by Gasteiger charge is -2.22. The summed E-state index contributed by atoms with van der Waals surface area (Å²) in [4.78, 5) is 1.35. The number of benzene rings is 2. The molecule has 0 aromatic heterocycles. The van der Waals surface area contributed by atoms with Gasteiger partial charge < -0.3 is 9.64 Å². The molecule has 0 unspecified atom stereocenters. The molecular formula is C15H12F2N2O. The minimum atomic E-state index is -0.796. The van der Waals surface area contributed by atoms with Crippen LogP contribution in [0.1, 0.15) is 5.56 Å². The average Bonchev–Trinajstić information content (AvgIpc) is 2.46. The Bertz CT molecular complexity index is 657. The third kappa shape index (κ3) is 2.41. The molecule has 0 aliphatic carbocycles. The summed E-state index contributed by atoms with van der Waals surface area (Å²) in [5.41, 5.74) is 0.239. The number of anilines is 2. The third-order valence-corrected chi connectivity index (χ3v) is 2.93. The summed E-state index contributed by atoms with van der Waals surface area (Å²) < 4.78 is 33.2. The second-order valence-electron chi connectivity index (χ2n) is 4.13. The number of methoxy groups -OCH3 is 1. The Hall–Kier alpha value is -2.61. The van der Waals surface area contributed by atoms with Gasteiger partial charge in [-0.1, -0.05) is 12.1 Å². The highest BCUT2D eigenvalue weighted by atomic mass is 19.1. The summed E-state index contributed by atoms with van der Waals surface area (Å²) in [5.74, 6) is -1.09. The first-order valence-corrected chi connectivity index (χ1v) is 5.84. The van der Waals surface area contributed by atoms with E-state index in [1.165, 1.54) is 19.1 Å². The number of hydrogen-bond donors (Lipinski definition) is 0. The van der Waals surface area contributed by atoms with Crippen molar-refractivity contribution in [3.63, 3.8) is 0 Å². The molecule has 0 saturated carbocycles. The number of nitrogens with zero attached hydrogens (tertiary/aromatic N) is 2. The fourth-order valence-corrected chi connectivity index (χ4v) is 1.98. The topological polar surface area (TPSA) is 36.3 Å². The van der Waals surface area contributed by atoms with Gasteiger partial charge in [-0.3, -0.25) is 0 Å². The van der Waals surface area contributed by atoms with Gasteiger partial charge in [0.05, 0.1) is 24.4 Å². The molecule has 0 heterocycles. The van der Waals surface area contributed by atoms with Gasteiger partial charge in [0.1, 0.15) is 11.4 Å². The fourth-order valence-electron chi connectivity index (χ4n) is 1.98. The van der Waals surface area contributed by atoms with Crippen molar-refractivity contribution < 1.29 is 13.5 Å². The van der Waals surface area contributed by atoms with Crippen molar-refractivity contribution in [2.75, 3.05) is 19.1 Å². The van der Waals surface area contributed by atoms with Gasteiger partial charge in [0.2, 0.25) is 0 Å². The minimum absolute atomic E-state index is 0.0582. The molecule has 2 rings (SSSR count). The zero-order valence-corrected chi connectivity index (χ0v) is 11.0. The van der Waals surface area contributed by atoms with E-state index in [-0.39, 0.29) is 11.3 Å². The Morgan fingerprint density at radius 2 is 1.75 bits per heavy atom. The first-order chi connectivity index (χ1) is 9.58. The van der Waals surface area contributed by atoms with Crippen LogP contribution in [-0.2, 0) is 0 Å². The predicted molar refractivity (Wildman–Crippen MR) is 72.1 cm³/mol. The van der Waals surface area contributed by atoms with E-state index in [2.05, 4.69) is 0 Å². The lowest BCUT2D eigenvalue weighted by atomic mass is 10.1. The summed E-state index contributed by atoms with van der Waals surface area (Å²) in [6.45, 7) is 0. The summed E-state index contributed by atoms with van der Waals surface area (Å²) >= 11 is 0. The summed E-state index contributed by atoms with van der Waals surface area (Å²) in [7, 11) is 3.02. The van der Waals surface area contributed by atoms with Crippen molar-refractivity contribution in [3.8, 4) is 11.8 Å². The molecule has 0 saturated heterocycles. The van der Waals surface area contributed by atoms with Crippen LogP contribution < -0.4 is 9.64 Å². The van der Waals surface area contributed by atoms with Crippen molar-refractivity contribution in [1.29, 1.82) is 5.26 Å². The molecule has 3 nitrogen and oxygen atoms in total. The number of ether oxygens (including phenoxy) is 1. The first-order valence-electron chi connectivity index (χ1n) is 5.84. The van der Waals surface area contributed by atoms with E-state index in [0.29, 0.717) is 11.4 Å². The van der Waals surface area contributed by atoms with Crippen LogP contribution in [0.4, 0.5) is 20.2 Å². The maximum absolute atomic E-state index is 14.0. The Labute approximate surface area is 115 Å². The number of para-hydroxylation sites is 2. The monoisotopic (exact) mass is 274 g/mol. The van der Waals surface area contributed by atoms with Gasteiger partial charge in [-0.25, -0.2) is 8.78 Å². The first kappa shape index (κ1) is 13.8. The van der Waals surface area contributed by atoms with Crippen LogP contribution in [0.3, 0.4) is 0 Å². The fraction of sp³-hybridized carbons (Fsp3) is 0.133. The Balaban J connectivity index is 2.54. The van der Waals surface area contributed by atoms with E-state index in [1.807, 2.05) is 0 Å². The van der Waals surface area contributed by atoms with Crippen LogP contribution in [-0.4, -0.2) is 14.2 Å². The van der Waals surface area contributed by atoms with E-state index in [9.17, 15) is 8.78 Å². The molecule has 0 atom stereocenters. The molecule has 0 bridgehead atoms. The normalized spacial score (nSPS) is 9.95. The van der Waals surface area contributed by atoms with Crippen LogP contribution >= 0.6 is 0 Å². The molecule has 0 radical (unpaired) electrons. The molecular weight excluding hydrogens is 262 g/mol. The Morgan fingerprint density at radius 3 is 2.30 bits per heavy atom. The molecule has 0 fully saturated rings. The van der Waals surface area contributed by atoms with Gasteiger partial charge in [0.25, 0.3) is 0 Å².